The number of carbonyl (C=O) groups excluding carboxylic acids is 1. The molecule has 3 aromatic carbocycles. The molecule has 2 unspecified atom stereocenters. The second-order valence-corrected chi connectivity index (χ2v) is 10.9. The molecule has 0 spiro atoms. The van der Waals surface area contributed by atoms with Crippen molar-refractivity contribution in [2.45, 2.75) is 57.5 Å². The van der Waals surface area contributed by atoms with Crippen LogP contribution in [-0.2, 0) is 12.8 Å². The van der Waals surface area contributed by atoms with E-state index in [1.54, 1.807) is 0 Å². The molecule has 0 fully saturated rings. The Morgan fingerprint density at radius 2 is 1.78 bits per heavy atom. The Morgan fingerprint density at radius 3 is 2.51 bits per heavy atom. The Balaban J connectivity index is 1.51. The number of hydrogen-bond donors (Lipinski definition) is 1. The second kappa shape index (κ2) is 10.5. The van der Waals surface area contributed by atoms with E-state index < -0.39 is 0 Å². The smallest absolute Gasteiger partial charge is 0.254 e. The molecule has 0 saturated heterocycles. The lowest BCUT2D eigenvalue weighted by molar-refractivity contribution is 0.0594. The monoisotopic (exact) mass is 493 g/mol. The van der Waals surface area contributed by atoms with Crippen molar-refractivity contribution in [2.75, 3.05) is 20.6 Å². The molecular weight excluding hydrogens is 454 g/mol. The average molecular weight is 494 g/mol. The van der Waals surface area contributed by atoms with Gasteiger partial charge >= 0.3 is 0 Å². The lowest BCUT2D eigenvalue weighted by Crippen LogP contribution is -2.47. The van der Waals surface area contributed by atoms with Crippen molar-refractivity contribution in [2.24, 2.45) is 0 Å². The summed E-state index contributed by atoms with van der Waals surface area (Å²) in [5.41, 5.74) is 7.04. The molecule has 0 radical (unpaired) electrons. The summed E-state index contributed by atoms with van der Waals surface area (Å²) in [6.45, 7) is 5.09. The molecule has 1 aliphatic rings. The molecule has 2 heterocycles. The van der Waals surface area contributed by atoms with E-state index in [1.165, 1.54) is 27.7 Å². The molecule has 0 saturated carbocycles. The molecule has 4 nitrogen and oxygen atoms in total. The van der Waals surface area contributed by atoms with Gasteiger partial charge in [0.25, 0.3) is 5.91 Å². The molecule has 1 aliphatic heterocycles. The third-order valence-corrected chi connectivity index (χ3v) is 8.55. The number of aromatic amines is 1. The van der Waals surface area contributed by atoms with Gasteiger partial charge in [-0.05, 0) is 82.4 Å². The van der Waals surface area contributed by atoms with Crippen LogP contribution in [0.4, 0.5) is 0 Å². The third-order valence-electron chi connectivity index (χ3n) is 8.55. The highest BCUT2D eigenvalue weighted by Crippen LogP contribution is 2.40. The van der Waals surface area contributed by atoms with Crippen LogP contribution in [0.5, 0.6) is 0 Å². The summed E-state index contributed by atoms with van der Waals surface area (Å²) in [6.07, 6.45) is 4.84. The van der Waals surface area contributed by atoms with E-state index in [-0.39, 0.29) is 17.5 Å². The van der Waals surface area contributed by atoms with Crippen molar-refractivity contribution in [3.8, 4) is 0 Å². The van der Waals surface area contributed by atoms with E-state index in [9.17, 15) is 4.79 Å². The summed E-state index contributed by atoms with van der Waals surface area (Å²) in [5, 5.41) is 1.30. The summed E-state index contributed by atoms with van der Waals surface area (Å²) in [5.74, 6) is 0.132. The fourth-order valence-electron chi connectivity index (χ4n) is 6.28. The van der Waals surface area contributed by atoms with Crippen LogP contribution >= 0.6 is 0 Å². The van der Waals surface area contributed by atoms with Gasteiger partial charge in [-0.3, -0.25) is 4.79 Å². The normalized spacial score (nSPS) is 17.1. The fraction of sp³-hybridized carbons (Fsp3) is 0.364. The standard InChI is InChI=1S/C33H39N3O/c1-5-33(35(3)4,23-25-13-7-6-8-14-25)20-18-30-31-28(27-16-9-10-17-29(27)34-31)19-21-36(30)32(37)26-15-11-12-24(2)22-26/h6-17,22,30,34H,5,18-21,23H2,1-4H3. The number of aryl methyl sites for hydroxylation is 1. The molecule has 4 heteroatoms. The van der Waals surface area contributed by atoms with Crippen LogP contribution in [0, 0.1) is 6.92 Å². The van der Waals surface area contributed by atoms with E-state index in [0.29, 0.717) is 0 Å². The summed E-state index contributed by atoms with van der Waals surface area (Å²) >= 11 is 0. The quantitative estimate of drug-likeness (QED) is 0.288. The van der Waals surface area contributed by atoms with Gasteiger partial charge in [0.1, 0.15) is 0 Å². The van der Waals surface area contributed by atoms with Gasteiger partial charge in [0.05, 0.1) is 6.04 Å². The highest BCUT2D eigenvalue weighted by molar-refractivity contribution is 5.95. The molecule has 5 rings (SSSR count). The molecule has 192 valence electrons. The average Bonchev–Trinajstić information content (AvgIpc) is 3.30. The number of benzene rings is 3. The van der Waals surface area contributed by atoms with E-state index in [0.717, 1.165) is 49.8 Å². The molecule has 0 aliphatic carbocycles. The Morgan fingerprint density at radius 1 is 1.03 bits per heavy atom. The number of carbonyl (C=O) groups is 1. The molecule has 4 aromatic rings. The lowest BCUT2D eigenvalue weighted by Gasteiger charge is -2.43. The van der Waals surface area contributed by atoms with Gasteiger partial charge < -0.3 is 14.8 Å². The van der Waals surface area contributed by atoms with Crippen LogP contribution in [-0.4, -0.2) is 46.9 Å². The zero-order valence-electron chi connectivity index (χ0n) is 22.6. The Bertz CT molecular complexity index is 1370. The predicted octanol–water partition coefficient (Wildman–Crippen LogP) is 6.95. The molecule has 1 amide bonds. The van der Waals surface area contributed by atoms with Crippen LogP contribution in [0.2, 0.25) is 0 Å². The van der Waals surface area contributed by atoms with Crippen LogP contribution in [0.1, 0.15) is 65.0 Å². The topological polar surface area (TPSA) is 39.3 Å². The molecule has 1 aromatic heterocycles. The SMILES string of the molecule is CCC(CCC1c2[nH]c3ccccc3c2CCN1C(=O)c1cccc(C)c1)(Cc1ccccc1)N(C)C. The number of fused-ring (bicyclic) bond motifs is 3. The number of amides is 1. The van der Waals surface area contributed by atoms with E-state index in [4.69, 9.17) is 0 Å². The highest BCUT2D eigenvalue weighted by atomic mass is 16.2. The molecular formula is C33H39N3O. The van der Waals surface area contributed by atoms with Crippen LogP contribution in [0.3, 0.4) is 0 Å². The van der Waals surface area contributed by atoms with Crippen LogP contribution in [0.15, 0.2) is 78.9 Å². The first-order valence-electron chi connectivity index (χ1n) is 13.6. The summed E-state index contributed by atoms with van der Waals surface area (Å²) in [4.78, 5) is 22.2. The number of aromatic nitrogens is 1. The summed E-state index contributed by atoms with van der Waals surface area (Å²) in [6, 6.07) is 27.4. The predicted molar refractivity (Wildman–Crippen MR) is 153 cm³/mol. The molecule has 0 bridgehead atoms. The first-order chi connectivity index (χ1) is 17.9. The molecule has 2 atom stereocenters. The van der Waals surface area contributed by atoms with Crippen LogP contribution < -0.4 is 0 Å². The summed E-state index contributed by atoms with van der Waals surface area (Å²) < 4.78 is 0. The lowest BCUT2D eigenvalue weighted by atomic mass is 9.80. The van der Waals surface area contributed by atoms with Gasteiger partial charge in [-0.1, -0.05) is 73.2 Å². The Labute approximate surface area is 221 Å². The van der Waals surface area contributed by atoms with Crippen molar-refractivity contribution in [1.29, 1.82) is 0 Å². The largest absolute Gasteiger partial charge is 0.356 e. The first-order valence-corrected chi connectivity index (χ1v) is 13.6. The molecule has 37 heavy (non-hydrogen) atoms. The Kier molecular flexibility index (Phi) is 7.21. The number of hydrogen-bond acceptors (Lipinski definition) is 2. The van der Waals surface area contributed by atoms with Gasteiger partial charge in [-0.15, -0.1) is 0 Å². The minimum atomic E-state index is 0.0169. The van der Waals surface area contributed by atoms with E-state index in [2.05, 4.69) is 103 Å². The van der Waals surface area contributed by atoms with E-state index in [1.807, 2.05) is 18.2 Å². The number of H-pyrrole nitrogens is 1. The minimum Gasteiger partial charge on any atom is -0.356 e. The first kappa shape index (κ1) is 25.3. The highest BCUT2D eigenvalue weighted by Gasteiger charge is 2.37. The van der Waals surface area contributed by atoms with Crippen molar-refractivity contribution >= 4 is 16.8 Å². The minimum absolute atomic E-state index is 0.0169. The number of para-hydroxylation sites is 1. The van der Waals surface area contributed by atoms with Gasteiger partial charge in [-0.25, -0.2) is 0 Å². The number of nitrogens with one attached hydrogen (secondary N) is 1. The van der Waals surface area contributed by atoms with E-state index >= 15 is 0 Å². The summed E-state index contributed by atoms with van der Waals surface area (Å²) in [7, 11) is 4.41. The Hall–Kier alpha value is -3.37. The van der Waals surface area contributed by atoms with Gasteiger partial charge in [-0.2, -0.15) is 0 Å². The van der Waals surface area contributed by atoms with Crippen molar-refractivity contribution < 1.29 is 4.79 Å². The van der Waals surface area contributed by atoms with Gasteiger partial charge in [0.2, 0.25) is 0 Å². The van der Waals surface area contributed by atoms with Gasteiger partial charge in [0, 0.05) is 34.2 Å². The third kappa shape index (κ3) is 4.95. The van der Waals surface area contributed by atoms with Crippen LogP contribution in [0.25, 0.3) is 10.9 Å². The maximum atomic E-state index is 13.9. The van der Waals surface area contributed by atoms with Crippen molar-refractivity contribution in [3.63, 3.8) is 0 Å². The maximum absolute atomic E-state index is 13.9. The zero-order valence-corrected chi connectivity index (χ0v) is 22.6. The fourth-order valence-corrected chi connectivity index (χ4v) is 6.28. The number of likely N-dealkylation sites (N-methyl/N-ethyl adjacent to an activating group) is 1. The second-order valence-electron chi connectivity index (χ2n) is 10.9. The number of nitrogens with zero attached hydrogens (tertiary/aromatic N) is 2. The van der Waals surface area contributed by atoms with Crippen molar-refractivity contribution in [1.82, 2.24) is 14.8 Å². The maximum Gasteiger partial charge on any atom is 0.254 e. The van der Waals surface area contributed by atoms with Crippen molar-refractivity contribution in [3.05, 3.63) is 107 Å². The molecule has 1 N–H and O–H groups in total. The van der Waals surface area contributed by atoms with Gasteiger partial charge in [0.15, 0.2) is 0 Å². The number of rotatable bonds is 8. The zero-order chi connectivity index (χ0) is 26.0.